The van der Waals surface area contributed by atoms with E-state index in [0.717, 1.165) is 6.08 Å². The van der Waals surface area contributed by atoms with Crippen LogP contribution in [-0.2, 0) is 0 Å². The van der Waals surface area contributed by atoms with Gasteiger partial charge in [-0.05, 0) is 30.2 Å². The maximum absolute atomic E-state index is 12.2. The van der Waals surface area contributed by atoms with Crippen LogP contribution in [0.25, 0.3) is 5.57 Å². The molecule has 0 saturated heterocycles. The Bertz CT molecular complexity index is 377. The minimum Gasteiger partial charge on any atom is -0.264 e. The second kappa shape index (κ2) is 4.29. The number of pyridine rings is 1. The van der Waals surface area contributed by atoms with E-state index in [-0.39, 0.29) is 0 Å². The van der Waals surface area contributed by atoms with Gasteiger partial charge in [-0.3, -0.25) is 4.98 Å². The predicted octanol–water partition coefficient (Wildman–Crippen LogP) is 3.60. The molecule has 0 aliphatic rings. The molecule has 0 bridgehead atoms. The molecule has 0 spiro atoms. The Morgan fingerprint density at radius 3 is 2.60 bits per heavy atom. The molecule has 0 aliphatic carbocycles. The molecule has 0 atom stereocenters. The van der Waals surface area contributed by atoms with Crippen molar-refractivity contribution in [3.05, 3.63) is 48.3 Å². The topological polar surface area (TPSA) is 12.9 Å². The highest BCUT2D eigenvalue weighted by molar-refractivity contribution is 5.65. The Morgan fingerprint density at radius 1 is 1.47 bits per heavy atom. The molecule has 1 aromatic heterocycles. The van der Waals surface area contributed by atoms with Gasteiger partial charge >= 0.3 is 6.18 Å². The predicted molar refractivity (Wildman–Crippen MR) is 53.1 cm³/mol. The van der Waals surface area contributed by atoms with Gasteiger partial charge in [0.2, 0.25) is 0 Å². The molecule has 0 unspecified atom stereocenters. The van der Waals surface area contributed by atoms with Crippen molar-refractivity contribution in [2.75, 3.05) is 0 Å². The van der Waals surface area contributed by atoms with Gasteiger partial charge in [-0.1, -0.05) is 12.6 Å². The lowest BCUT2D eigenvalue weighted by molar-refractivity contribution is -0.0877. The fourth-order valence-electron chi connectivity index (χ4n) is 1.02. The van der Waals surface area contributed by atoms with Gasteiger partial charge in [0, 0.05) is 18.0 Å². The van der Waals surface area contributed by atoms with Crippen molar-refractivity contribution in [3.8, 4) is 0 Å². The van der Waals surface area contributed by atoms with Gasteiger partial charge in [-0.15, -0.1) is 0 Å². The standard InChI is InChI=1S/C11H10F3N/c1-8(6-9(2)11(12,13)14)10-4-3-5-15-7-10/h3-7H,2H2,1H3/b8-6+. The van der Waals surface area contributed by atoms with Crippen LogP contribution in [-0.4, -0.2) is 11.2 Å². The van der Waals surface area contributed by atoms with Gasteiger partial charge in [0.05, 0.1) is 0 Å². The fraction of sp³-hybridized carbons (Fsp3) is 0.182. The zero-order chi connectivity index (χ0) is 11.5. The van der Waals surface area contributed by atoms with E-state index in [1.807, 2.05) is 0 Å². The van der Waals surface area contributed by atoms with Crippen molar-refractivity contribution >= 4 is 5.57 Å². The summed E-state index contributed by atoms with van der Waals surface area (Å²) in [4.78, 5) is 3.82. The summed E-state index contributed by atoms with van der Waals surface area (Å²) >= 11 is 0. The summed E-state index contributed by atoms with van der Waals surface area (Å²) in [6.07, 6.45) is -0.286. The van der Waals surface area contributed by atoms with Crippen molar-refractivity contribution in [2.45, 2.75) is 13.1 Å². The van der Waals surface area contributed by atoms with Crippen LogP contribution in [0.3, 0.4) is 0 Å². The monoisotopic (exact) mass is 213 g/mol. The molecular formula is C11H10F3N. The Kier molecular flexibility index (Phi) is 3.29. The second-order valence-electron chi connectivity index (χ2n) is 3.09. The SMILES string of the molecule is C=C(/C=C(\C)c1cccnc1)C(F)(F)F. The molecule has 1 heterocycles. The number of halogens is 3. The molecular weight excluding hydrogens is 203 g/mol. The fourth-order valence-corrected chi connectivity index (χ4v) is 1.02. The Labute approximate surface area is 86.0 Å². The molecule has 4 heteroatoms. The van der Waals surface area contributed by atoms with Crippen LogP contribution in [0.2, 0.25) is 0 Å². The molecule has 0 aromatic carbocycles. The van der Waals surface area contributed by atoms with Gasteiger partial charge < -0.3 is 0 Å². The summed E-state index contributed by atoms with van der Waals surface area (Å²) in [5, 5.41) is 0. The van der Waals surface area contributed by atoms with Crippen molar-refractivity contribution in [1.82, 2.24) is 4.98 Å². The first-order chi connectivity index (χ1) is 6.91. The van der Waals surface area contributed by atoms with Gasteiger partial charge in [-0.25, -0.2) is 0 Å². The lowest BCUT2D eigenvalue weighted by Gasteiger charge is -2.07. The van der Waals surface area contributed by atoms with Crippen molar-refractivity contribution < 1.29 is 13.2 Å². The smallest absolute Gasteiger partial charge is 0.264 e. The number of nitrogens with zero attached hydrogens (tertiary/aromatic N) is 1. The lowest BCUT2D eigenvalue weighted by atomic mass is 10.1. The molecule has 1 rings (SSSR count). The van der Waals surface area contributed by atoms with E-state index < -0.39 is 11.7 Å². The quantitative estimate of drug-likeness (QED) is 0.684. The van der Waals surface area contributed by atoms with Crippen LogP contribution in [0.1, 0.15) is 12.5 Å². The number of hydrogen-bond donors (Lipinski definition) is 0. The van der Waals surface area contributed by atoms with E-state index in [4.69, 9.17) is 0 Å². The largest absolute Gasteiger partial charge is 0.415 e. The highest BCUT2D eigenvalue weighted by Gasteiger charge is 2.30. The molecule has 1 nitrogen and oxygen atoms in total. The highest BCUT2D eigenvalue weighted by Crippen LogP contribution is 2.27. The maximum Gasteiger partial charge on any atom is 0.415 e. The minimum atomic E-state index is -4.37. The number of rotatable bonds is 2. The van der Waals surface area contributed by atoms with Crippen LogP contribution in [0, 0.1) is 0 Å². The molecule has 0 radical (unpaired) electrons. The van der Waals surface area contributed by atoms with E-state index in [0.29, 0.717) is 11.1 Å². The zero-order valence-electron chi connectivity index (χ0n) is 8.17. The molecule has 0 amide bonds. The third-order valence-corrected chi connectivity index (χ3v) is 1.87. The lowest BCUT2D eigenvalue weighted by Crippen LogP contribution is -2.08. The number of aromatic nitrogens is 1. The summed E-state index contributed by atoms with van der Waals surface area (Å²) < 4.78 is 36.5. The summed E-state index contributed by atoms with van der Waals surface area (Å²) in [7, 11) is 0. The molecule has 80 valence electrons. The summed E-state index contributed by atoms with van der Waals surface area (Å²) in [5.74, 6) is 0. The Hall–Kier alpha value is -1.58. The van der Waals surface area contributed by atoms with E-state index in [9.17, 15) is 13.2 Å². The highest BCUT2D eigenvalue weighted by atomic mass is 19.4. The zero-order valence-corrected chi connectivity index (χ0v) is 8.17. The second-order valence-corrected chi connectivity index (χ2v) is 3.09. The van der Waals surface area contributed by atoms with Crippen LogP contribution in [0.5, 0.6) is 0 Å². The van der Waals surface area contributed by atoms with Crippen molar-refractivity contribution in [2.24, 2.45) is 0 Å². The number of alkyl halides is 3. The first kappa shape index (κ1) is 11.5. The van der Waals surface area contributed by atoms with E-state index in [1.165, 1.54) is 6.20 Å². The molecule has 0 aliphatic heterocycles. The van der Waals surface area contributed by atoms with E-state index in [2.05, 4.69) is 11.6 Å². The van der Waals surface area contributed by atoms with Gasteiger partial charge in [0.25, 0.3) is 0 Å². The minimum absolute atomic E-state index is 0.491. The van der Waals surface area contributed by atoms with Crippen molar-refractivity contribution in [1.29, 1.82) is 0 Å². The molecule has 0 fully saturated rings. The van der Waals surface area contributed by atoms with Crippen LogP contribution in [0.4, 0.5) is 13.2 Å². The summed E-state index contributed by atoms with van der Waals surface area (Å²) in [6, 6.07) is 3.37. The molecule has 0 N–H and O–H groups in total. The summed E-state index contributed by atoms with van der Waals surface area (Å²) in [6.45, 7) is 4.56. The third-order valence-electron chi connectivity index (χ3n) is 1.87. The van der Waals surface area contributed by atoms with Crippen molar-refractivity contribution in [3.63, 3.8) is 0 Å². The number of allylic oxidation sites excluding steroid dienone is 3. The third kappa shape index (κ3) is 3.23. The van der Waals surface area contributed by atoms with Crippen LogP contribution in [0.15, 0.2) is 42.8 Å². The average Bonchev–Trinajstić information content (AvgIpc) is 2.17. The molecule has 1 aromatic rings. The Morgan fingerprint density at radius 2 is 2.13 bits per heavy atom. The maximum atomic E-state index is 12.2. The van der Waals surface area contributed by atoms with Gasteiger partial charge in [-0.2, -0.15) is 13.2 Å². The normalized spacial score (nSPS) is 12.7. The van der Waals surface area contributed by atoms with Crippen LogP contribution < -0.4 is 0 Å². The summed E-state index contributed by atoms with van der Waals surface area (Å²) in [5.41, 5.74) is 0.289. The Balaban J connectivity index is 2.91. The molecule has 0 saturated carbocycles. The van der Waals surface area contributed by atoms with Gasteiger partial charge in [0.1, 0.15) is 0 Å². The van der Waals surface area contributed by atoms with E-state index >= 15 is 0 Å². The molecule has 15 heavy (non-hydrogen) atoms. The first-order valence-electron chi connectivity index (χ1n) is 4.26. The van der Waals surface area contributed by atoms with Crippen LogP contribution >= 0.6 is 0 Å². The van der Waals surface area contributed by atoms with E-state index in [1.54, 1.807) is 25.3 Å². The first-order valence-corrected chi connectivity index (χ1v) is 4.26. The number of hydrogen-bond acceptors (Lipinski definition) is 1. The van der Waals surface area contributed by atoms with Gasteiger partial charge in [0.15, 0.2) is 0 Å². The average molecular weight is 213 g/mol.